The van der Waals surface area contributed by atoms with Crippen LogP contribution in [0.15, 0.2) is 6.20 Å². The molecule has 3 fully saturated rings. The minimum absolute atomic E-state index is 0.0884. The Morgan fingerprint density at radius 1 is 1.32 bits per heavy atom. The summed E-state index contributed by atoms with van der Waals surface area (Å²) in [5.74, 6) is 2.00. The SMILES string of the molecule is O=C(N[C@H]1CCCC[C@H]1n1cc(CO)nn1)C1CC1C1CC1. The van der Waals surface area contributed by atoms with Crippen LogP contribution in [0, 0.1) is 17.8 Å². The van der Waals surface area contributed by atoms with Gasteiger partial charge in [-0.15, -0.1) is 5.10 Å². The van der Waals surface area contributed by atoms with Gasteiger partial charge in [0.25, 0.3) is 0 Å². The number of nitrogens with one attached hydrogen (secondary N) is 1. The van der Waals surface area contributed by atoms with Gasteiger partial charge in [0.05, 0.1) is 24.9 Å². The molecule has 4 atom stereocenters. The highest BCUT2D eigenvalue weighted by Crippen LogP contribution is 2.54. The molecule has 1 heterocycles. The Hall–Kier alpha value is -1.43. The molecule has 3 aliphatic carbocycles. The number of carbonyl (C=O) groups excluding carboxylic acids is 1. The normalized spacial score (nSPS) is 34.4. The molecular weight excluding hydrogens is 280 g/mol. The van der Waals surface area contributed by atoms with Crippen LogP contribution in [0.4, 0.5) is 0 Å². The van der Waals surface area contributed by atoms with Crippen LogP contribution in [0.2, 0.25) is 0 Å². The molecule has 0 aromatic carbocycles. The van der Waals surface area contributed by atoms with Gasteiger partial charge in [-0.05, 0) is 43.9 Å². The van der Waals surface area contributed by atoms with Crippen molar-refractivity contribution in [3.63, 3.8) is 0 Å². The van der Waals surface area contributed by atoms with Gasteiger partial charge >= 0.3 is 0 Å². The van der Waals surface area contributed by atoms with Crippen molar-refractivity contribution in [1.29, 1.82) is 0 Å². The molecule has 4 rings (SSSR count). The van der Waals surface area contributed by atoms with Gasteiger partial charge in [0.1, 0.15) is 5.69 Å². The van der Waals surface area contributed by atoms with Crippen molar-refractivity contribution in [3.8, 4) is 0 Å². The quantitative estimate of drug-likeness (QED) is 0.862. The van der Waals surface area contributed by atoms with Crippen molar-refractivity contribution in [2.45, 2.75) is 63.6 Å². The third-order valence-electron chi connectivity index (χ3n) is 5.52. The van der Waals surface area contributed by atoms with Gasteiger partial charge in [-0.2, -0.15) is 0 Å². The number of aliphatic hydroxyl groups excluding tert-OH is 1. The molecule has 6 nitrogen and oxygen atoms in total. The van der Waals surface area contributed by atoms with Crippen molar-refractivity contribution in [1.82, 2.24) is 20.3 Å². The van der Waals surface area contributed by atoms with Crippen molar-refractivity contribution < 1.29 is 9.90 Å². The number of rotatable bonds is 5. The lowest BCUT2D eigenvalue weighted by Crippen LogP contribution is -2.44. The Kier molecular flexibility index (Phi) is 3.64. The Labute approximate surface area is 130 Å². The van der Waals surface area contributed by atoms with Crippen LogP contribution in [-0.2, 0) is 11.4 Å². The third kappa shape index (κ3) is 2.76. The second-order valence-corrected chi connectivity index (χ2v) is 7.16. The minimum Gasteiger partial charge on any atom is -0.390 e. The number of nitrogens with zero attached hydrogens (tertiary/aromatic N) is 3. The largest absolute Gasteiger partial charge is 0.390 e. The average Bonchev–Trinajstić information content (AvgIpc) is 3.43. The molecule has 3 aliphatic rings. The predicted molar refractivity (Wildman–Crippen MR) is 79.7 cm³/mol. The van der Waals surface area contributed by atoms with Gasteiger partial charge in [-0.1, -0.05) is 18.1 Å². The van der Waals surface area contributed by atoms with Gasteiger partial charge in [-0.3, -0.25) is 4.79 Å². The Bertz CT molecular complexity index is 554. The molecule has 0 radical (unpaired) electrons. The first-order chi connectivity index (χ1) is 10.8. The molecule has 6 heteroatoms. The monoisotopic (exact) mass is 304 g/mol. The van der Waals surface area contributed by atoms with Crippen LogP contribution in [0.25, 0.3) is 0 Å². The lowest BCUT2D eigenvalue weighted by Gasteiger charge is -2.32. The van der Waals surface area contributed by atoms with E-state index in [0.29, 0.717) is 11.6 Å². The van der Waals surface area contributed by atoms with Gasteiger partial charge in [0.2, 0.25) is 5.91 Å². The number of hydrogen-bond donors (Lipinski definition) is 2. The van der Waals surface area contributed by atoms with Crippen LogP contribution >= 0.6 is 0 Å². The van der Waals surface area contributed by atoms with E-state index in [0.717, 1.165) is 38.0 Å². The first-order valence-corrected chi connectivity index (χ1v) is 8.58. The highest BCUT2D eigenvalue weighted by molar-refractivity contribution is 5.82. The molecule has 0 spiro atoms. The van der Waals surface area contributed by atoms with E-state index in [9.17, 15) is 4.79 Å². The molecule has 2 N–H and O–H groups in total. The van der Waals surface area contributed by atoms with Crippen LogP contribution in [0.1, 0.15) is 56.7 Å². The molecule has 0 bridgehead atoms. The molecule has 0 saturated heterocycles. The molecule has 2 unspecified atom stereocenters. The Morgan fingerprint density at radius 3 is 2.86 bits per heavy atom. The number of aliphatic hydroxyl groups is 1. The second kappa shape index (κ2) is 5.65. The molecule has 1 aromatic heterocycles. The summed E-state index contributed by atoms with van der Waals surface area (Å²) in [6.07, 6.45) is 9.86. The first kappa shape index (κ1) is 14.2. The van der Waals surface area contributed by atoms with Crippen molar-refractivity contribution in [3.05, 3.63) is 11.9 Å². The van der Waals surface area contributed by atoms with Gasteiger partial charge in [-0.25, -0.2) is 4.68 Å². The zero-order valence-corrected chi connectivity index (χ0v) is 12.8. The van der Waals surface area contributed by atoms with E-state index in [1.54, 1.807) is 6.20 Å². The van der Waals surface area contributed by atoms with Crippen molar-refractivity contribution in [2.24, 2.45) is 17.8 Å². The maximum atomic E-state index is 12.5. The van der Waals surface area contributed by atoms with E-state index in [1.807, 2.05) is 4.68 Å². The Balaban J connectivity index is 1.40. The summed E-state index contributed by atoms with van der Waals surface area (Å²) in [4.78, 5) is 12.5. The molecule has 0 aliphatic heterocycles. The molecule has 1 aromatic rings. The second-order valence-electron chi connectivity index (χ2n) is 7.16. The van der Waals surface area contributed by atoms with Crippen LogP contribution in [0.5, 0.6) is 0 Å². The zero-order chi connectivity index (χ0) is 15.1. The molecule has 1 amide bonds. The van der Waals surface area contributed by atoms with E-state index < -0.39 is 0 Å². The summed E-state index contributed by atoms with van der Waals surface area (Å²) in [7, 11) is 0. The molecule has 3 saturated carbocycles. The number of carbonyl (C=O) groups is 1. The lowest BCUT2D eigenvalue weighted by atomic mass is 9.90. The summed E-state index contributed by atoms with van der Waals surface area (Å²) in [6, 6.07) is 0.318. The van der Waals surface area contributed by atoms with E-state index in [4.69, 9.17) is 5.11 Å². The third-order valence-corrected chi connectivity index (χ3v) is 5.52. The minimum atomic E-state index is -0.0884. The van der Waals surface area contributed by atoms with Gasteiger partial charge in [0, 0.05) is 5.92 Å². The van der Waals surface area contributed by atoms with Gasteiger partial charge < -0.3 is 10.4 Å². The van der Waals surface area contributed by atoms with E-state index in [-0.39, 0.29) is 30.5 Å². The number of amides is 1. The number of hydrogen-bond acceptors (Lipinski definition) is 4. The topological polar surface area (TPSA) is 80.0 Å². The average molecular weight is 304 g/mol. The molecule has 120 valence electrons. The summed E-state index contributed by atoms with van der Waals surface area (Å²) in [5.41, 5.74) is 0.589. The highest BCUT2D eigenvalue weighted by atomic mass is 16.3. The fourth-order valence-corrected chi connectivity index (χ4v) is 4.00. The fraction of sp³-hybridized carbons (Fsp3) is 0.812. The summed E-state index contributed by atoms with van der Waals surface area (Å²) < 4.78 is 1.83. The van der Waals surface area contributed by atoms with Crippen LogP contribution in [0.3, 0.4) is 0 Å². The Morgan fingerprint density at radius 2 is 2.14 bits per heavy atom. The maximum Gasteiger partial charge on any atom is 0.223 e. The lowest BCUT2D eigenvalue weighted by molar-refractivity contribution is -0.124. The summed E-state index contributed by atoms with van der Waals surface area (Å²) in [5, 5.41) is 20.5. The van der Waals surface area contributed by atoms with Gasteiger partial charge in [0.15, 0.2) is 0 Å². The summed E-state index contributed by atoms with van der Waals surface area (Å²) >= 11 is 0. The van der Waals surface area contributed by atoms with E-state index in [2.05, 4.69) is 15.6 Å². The van der Waals surface area contributed by atoms with Crippen molar-refractivity contribution >= 4 is 5.91 Å². The maximum absolute atomic E-state index is 12.5. The molecule has 22 heavy (non-hydrogen) atoms. The fourth-order valence-electron chi connectivity index (χ4n) is 4.00. The standard InChI is InChI=1S/C16H24N4O2/c21-9-11-8-20(19-18-11)15-4-2-1-3-14(15)17-16(22)13-7-12(13)10-5-6-10/h8,10,12-15,21H,1-7,9H2,(H,17,22)/t12?,13?,14-,15+/m0/s1. The smallest absolute Gasteiger partial charge is 0.223 e. The van der Waals surface area contributed by atoms with Crippen LogP contribution in [-0.4, -0.2) is 32.0 Å². The van der Waals surface area contributed by atoms with Crippen LogP contribution < -0.4 is 5.32 Å². The predicted octanol–water partition coefficient (Wildman–Crippen LogP) is 1.42. The summed E-state index contributed by atoms with van der Waals surface area (Å²) in [6.45, 7) is -0.0884. The van der Waals surface area contributed by atoms with E-state index >= 15 is 0 Å². The van der Waals surface area contributed by atoms with Crippen molar-refractivity contribution in [2.75, 3.05) is 0 Å². The number of aromatic nitrogens is 3. The molecular formula is C16H24N4O2. The highest BCUT2D eigenvalue weighted by Gasteiger charge is 2.51. The first-order valence-electron chi connectivity index (χ1n) is 8.58. The van der Waals surface area contributed by atoms with E-state index in [1.165, 1.54) is 12.8 Å². The zero-order valence-electron chi connectivity index (χ0n) is 12.8.